The van der Waals surface area contributed by atoms with E-state index < -0.39 is 0 Å². The summed E-state index contributed by atoms with van der Waals surface area (Å²) in [6.45, 7) is 13.1. The van der Waals surface area contributed by atoms with Crippen LogP contribution in [-0.4, -0.2) is 15.0 Å². The molecule has 3 rings (SSSR count). The average Bonchev–Trinajstić information content (AvgIpc) is 2.76. The highest BCUT2D eigenvalue weighted by atomic mass is 15.0. The Kier molecular flexibility index (Phi) is 7.95. The summed E-state index contributed by atoms with van der Waals surface area (Å²) in [7, 11) is 0. The summed E-state index contributed by atoms with van der Waals surface area (Å²) in [6.07, 6.45) is 6.30. The molecule has 0 atom stereocenters. The maximum absolute atomic E-state index is 4.87. The van der Waals surface area contributed by atoms with Crippen molar-refractivity contribution in [3.63, 3.8) is 0 Å². The van der Waals surface area contributed by atoms with Gasteiger partial charge >= 0.3 is 0 Å². The first kappa shape index (κ1) is 23.1. The molecule has 0 aliphatic carbocycles. The summed E-state index contributed by atoms with van der Waals surface area (Å²) in [5, 5.41) is 0. The standard InChI is InChI=1S/C28H37N3/c1-7-8-9-10-11-22-12-14-23(15-13-22)27-29-21(6)30-28(31-27)26-17-24(19(2)3)16-25(18-26)20(4)5/h12-20H,7-11H2,1-6H3. The van der Waals surface area contributed by atoms with Crippen molar-refractivity contribution in [2.24, 2.45) is 0 Å². The average molecular weight is 416 g/mol. The van der Waals surface area contributed by atoms with Crippen LogP contribution in [0.3, 0.4) is 0 Å². The molecule has 0 amide bonds. The maximum atomic E-state index is 4.87. The molecule has 2 aromatic carbocycles. The van der Waals surface area contributed by atoms with Gasteiger partial charge in [-0.2, -0.15) is 0 Å². The fourth-order valence-corrected chi connectivity index (χ4v) is 3.79. The Labute approximate surface area is 188 Å². The van der Waals surface area contributed by atoms with E-state index in [4.69, 9.17) is 4.98 Å². The van der Waals surface area contributed by atoms with Crippen LogP contribution in [0.2, 0.25) is 0 Å². The second kappa shape index (κ2) is 10.7. The summed E-state index contributed by atoms with van der Waals surface area (Å²) in [4.78, 5) is 14.2. The predicted octanol–water partition coefficient (Wildman–Crippen LogP) is 7.88. The number of nitrogens with zero attached hydrogens (tertiary/aromatic N) is 3. The third-order valence-corrected chi connectivity index (χ3v) is 5.85. The van der Waals surface area contributed by atoms with Crippen molar-refractivity contribution in [3.8, 4) is 22.8 Å². The van der Waals surface area contributed by atoms with Crippen LogP contribution in [0.15, 0.2) is 42.5 Å². The minimum absolute atomic E-state index is 0.463. The van der Waals surface area contributed by atoms with Crippen LogP contribution in [0.1, 0.15) is 94.7 Å². The lowest BCUT2D eigenvalue weighted by Crippen LogP contribution is -2.02. The molecule has 0 bridgehead atoms. The maximum Gasteiger partial charge on any atom is 0.163 e. The molecule has 0 saturated carbocycles. The number of hydrogen-bond donors (Lipinski definition) is 0. The number of hydrogen-bond acceptors (Lipinski definition) is 3. The topological polar surface area (TPSA) is 38.7 Å². The third kappa shape index (κ3) is 6.22. The van der Waals surface area contributed by atoms with E-state index in [1.807, 2.05) is 6.92 Å². The van der Waals surface area contributed by atoms with Gasteiger partial charge in [0.05, 0.1) is 0 Å². The first-order chi connectivity index (χ1) is 14.9. The Morgan fingerprint density at radius 2 is 1.26 bits per heavy atom. The zero-order valence-corrected chi connectivity index (χ0v) is 20.1. The van der Waals surface area contributed by atoms with Gasteiger partial charge in [-0.25, -0.2) is 15.0 Å². The number of aromatic nitrogens is 3. The molecule has 1 aromatic heterocycles. The second-order valence-electron chi connectivity index (χ2n) is 9.24. The molecule has 0 fully saturated rings. The monoisotopic (exact) mass is 415 g/mol. The van der Waals surface area contributed by atoms with E-state index in [-0.39, 0.29) is 0 Å². The van der Waals surface area contributed by atoms with E-state index in [2.05, 4.69) is 87.1 Å². The SMILES string of the molecule is CCCCCCc1ccc(-c2nc(C)nc(-c3cc(C(C)C)cc(C(C)C)c3)n2)cc1. The van der Waals surface area contributed by atoms with Gasteiger partial charge in [0.2, 0.25) is 0 Å². The molecule has 3 heteroatoms. The molecule has 3 aromatic rings. The van der Waals surface area contributed by atoms with Crippen molar-refractivity contribution < 1.29 is 0 Å². The van der Waals surface area contributed by atoms with Gasteiger partial charge in [-0.05, 0) is 60.4 Å². The quantitative estimate of drug-likeness (QED) is 0.334. The lowest BCUT2D eigenvalue weighted by atomic mass is 9.93. The van der Waals surface area contributed by atoms with Gasteiger partial charge in [-0.3, -0.25) is 0 Å². The molecule has 0 N–H and O–H groups in total. The molecule has 0 aliphatic rings. The van der Waals surface area contributed by atoms with Crippen molar-refractivity contribution in [1.29, 1.82) is 0 Å². The summed E-state index contributed by atoms with van der Waals surface area (Å²) in [6, 6.07) is 15.5. The van der Waals surface area contributed by atoms with E-state index in [1.165, 1.54) is 42.4 Å². The minimum Gasteiger partial charge on any atom is -0.213 e. The lowest BCUT2D eigenvalue weighted by Gasteiger charge is -2.14. The zero-order valence-electron chi connectivity index (χ0n) is 20.1. The Hall–Kier alpha value is -2.55. The van der Waals surface area contributed by atoms with Crippen LogP contribution >= 0.6 is 0 Å². The van der Waals surface area contributed by atoms with Crippen molar-refractivity contribution in [3.05, 3.63) is 65.0 Å². The van der Waals surface area contributed by atoms with Gasteiger partial charge in [0, 0.05) is 11.1 Å². The number of rotatable bonds is 9. The number of aryl methyl sites for hydroxylation is 2. The van der Waals surface area contributed by atoms with E-state index in [0.29, 0.717) is 11.8 Å². The largest absolute Gasteiger partial charge is 0.213 e. The van der Waals surface area contributed by atoms with Gasteiger partial charge in [-0.15, -0.1) is 0 Å². The third-order valence-electron chi connectivity index (χ3n) is 5.85. The molecular weight excluding hydrogens is 378 g/mol. The smallest absolute Gasteiger partial charge is 0.163 e. The molecule has 31 heavy (non-hydrogen) atoms. The van der Waals surface area contributed by atoms with Gasteiger partial charge in [0.25, 0.3) is 0 Å². The van der Waals surface area contributed by atoms with Gasteiger partial charge in [-0.1, -0.05) is 84.2 Å². The van der Waals surface area contributed by atoms with Crippen molar-refractivity contribution in [2.45, 2.75) is 85.5 Å². The molecule has 0 spiro atoms. The summed E-state index contributed by atoms with van der Waals surface area (Å²) < 4.78 is 0. The Morgan fingerprint density at radius 1 is 0.677 bits per heavy atom. The molecule has 0 unspecified atom stereocenters. The van der Waals surface area contributed by atoms with Gasteiger partial charge in [0.1, 0.15) is 5.82 Å². The minimum atomic E-state index is 0.463. The van der Waals surface area contributed by atoms with Crippen molar-refractivity contribution >= 4 is 0 Å². The van der Waals surface area contributed by atoms with E-state index >= 15 is 0 Å². The lowest BCUT2D eigenvalue weighted by molar-refractivity contribution is 0.667. The summed E-state index contributed by atoms with van der Waals surface area (Å²) in [5.41, 5.74) is 6.17. The zero-order chi connectivity index (χ0) is 22.4. The first-order valence-corrected chi connectivity index (χ1v) is 11.8. The van der Waals surface area contributed by atoms with Gasteiger partial charge in [0.15, 0.2) is 11.6 Å². The summed E-state index contributed by atoms with van der Waals surface area (Å²) in [5.74, 6) is 3.19. The first-order valence-electron chi connectivity index (χ1n) is 11.8. The normalized spacial score (nSPS) is 11.5. The van der Waals surface area contributed by atoms with E-state index in [1.54, 1.807) is 0 Å². The summed E-state index contributed by atoms with van der Waals surface area (Å²) >= 11 is 0. The molecule has 0 radical (unpaired) electrons. The van der Waals surface area contributed by atoms with Crippen molar-refractivity contribution in [2.75, 3.05) is 0 Å². The highest BCUT2D eigenvalue weighted by molar-refractivity contribution is 5.63. The van der Waals surface area contributed by atoms with Crippen LogP contribution < -0.4 is 0 Å². The molecule has 0 aliphatic heterocycles. The molecule has 1 heterocycles. The van der Waals surface area contributed by atoms with Crippen LogP contribution in [-0.2, 0) is 6.42 Å². The highest BCUT2D eigenvalue weighted by Gasteiger charge is 2.13. The van der Waals surface area contributed by atoms with Crippen LogP contribution in [0, 0.1) is 6.92 Å². The second-order valence-corrected chi connectivity index (χ2v) is 9.24. The Morgan fingerprint density at radius 3 is 1.81 bits per heavy atom. The molecule has 3 nitrogen and oxygen atoms in total. The fourth-order valence-electron chi connectivity index (χ4n) is 3.79. The van der Waals surface area contributed by atoms with Crippen LogP contribution in [0.25, 0.3) is 22.8 Å². The molecular formula is C28H37N3. The van der Waals surface area contributed by atoms with Gasteiger partial charge < -0.3 is 0 Å². The fraction of sp³-hybridized carbons (Fsp3) is 0.464. The van der Waals surface area contributed by atoms with Crippen LogP contribution in [0.5, 0.6) is 0 Å². The van der Waals surface area contributed by atoms with E-state index in [0.717, 1.165) is 35.0 Å². The number of benzene rings is 2. The number of unbranched alkanes of at least 4 members (excludes halogenated alkanes) is 3. The predicted molar refractivity (Wildman–Crippen MR) is 131 cm³/mol. The molecule has 0 saturated heterocycles. The van der Waals surface area contributed by atoms with Crippen LogP contribution in [0.4, 0.5) is 0 Å². The Balaban J connectivity index is 1.90. The molecule has 164 valence electrons. The highest BCUT2D eigenvalue weighted by Crippen LogP contribution is 2.28. The van der Waals surface area contributed by atoms with E-state index in [9.17, 15) is 0 Å². The Bertz CT molecular complexity index is 961. The van der Waals surface area contributed by atoms with Crippen molar-refractivity contribution in [1.82, 2.24) is 15.0 Å².